The number of hydrogen-bond acceptors (Lipinski definition) is 6. The highest BCUT2D eigenvalue weighted by Crippen LogP contribution is 2.38. The van der Waals surface area contributed by atoms with E-state index in [0.717, 1.165) is 50.6 Å². The van der Waals surface area contributed by atoms with E-state index < -0.39 is 35.1 Å². The molecule has 2 aliphatic heterocycles. The van der Waals surface area contributed by atoms with E-state index in [2.05, 4.69) is 35.2 Å². The largest absolute Gasteiger partial charge is 0.488 e. The number of carboxylic acids is 1. The zero-order valence-electron chi connectivity index (χ0n) is 24.5. The topological polar surface area (TPSA) is 95.3 Å². The molecule has 3 heterocycles. The van der Waals surface area contributed by atoms with E-state index in [4.69, 9.17) is 4.74 Å². The number of nitrogens with zero attached hydrogens (tertiary/aromatic N) is 4. The number of hydrogen-bond donors (Lipinski definition) is 1. The second-order valence-corrected chi connectivity index (χ2v) is 12.3. The summed E-state index contributed by atoms with van der Waals surface area (Å²) in [5.41, 5.74) is 4.53. The minimum atomic E-state index is -4.84. The lowest BCUT2D eigenvalue weighted by Gasteiger charge is -2.30. The smallest absolute Gasteiger partial charge is 0.412 e. The number of alkyl halides is 3. The Balaban J connectivity index is 1.33. The van der Waals surface area contributed by atoms with Gasteiger partial charge in [0.1, 0.15) is 24.1 Å². The molecule has 1 N–H and O–H groups in total. The summed E-state index contributed by atoms with van der Waals surface area (Å²) in [4.78, 5) is 15.9. The summed E-state index contributed by atoms with van der Waals surface area (Å²) in [7, 11) is -0.945. The SMILES string of the molecule is CCC1=CC(C2CCN(S(C)=O)CC2)=CCC=C1COc1ccccc1-c1cccc(N2N=CC(C(=O)O)C2C(F)(F)F)n1. The first-order valence-corrected chi connectivity index (χ1v) is 16.1. The molecule has 0 saturated carbocycles. The van der Waals surface area contributed by atoms with Crippen LogP contribution in [-0.4, -0.2) is 69.0 Å². The van der Waals surface area contributed by atoms with Crippen molar-refractivity contribution >= 4 is 29.0 Å². The number of allylic oxidation sites excluding steroid dienone is 4. The van der Waals surface area contributed by atoms with Crippen molar-refractivity contribution in [2.45, 2.75) is 44.8 Å². The quantitative estimate of drug-likeness (QED) is 0.357. The maximum Gasteiger partial charge on any atom is 0.412 e. The summed E-state index contributed by atoms with van der Waals surface area (Å²) in [6, 6.07) is 9.42. The first kappa shape index (κ1) is 31.6. The first-order valence-electron chi connectivity index (χ1n) is 14.6. The Hall–Kier alpha value is -3.77. The zero-order chi connectivity index (χ0) is 31.4. The van der Waals surface area contributed by atoms with Crippen molar-refractivity contribution in [2.75, 3.05) is 31.0 Å². The van der Waals surface area contributed by atoms with E-state index in [0.29, 0.717) is 34.5 Å². The summed E-state index contributed by atoms with van der Waals surface area (Å²) in [6.07, 6.45) is 7.90. The van der Waals surface area contributed by atoms with Crippen molar-refractivity contribution in [3.8, 4) is 17.0 Å². The third-order valence-corrected chi connectivity index (χ3v) is 9.32. The molecule has 0 spiro atoms. The molecule has 1 aromatic heterocycles. The number of halogens is 3. The summed E-state index contributed by atoms with van der Waals surface area (Å²) < 4.78 is 61.8. The molecule has 1 aliphatic carbocycles. The molecule has 3 aliphatic rings. The van der Waals surface area contributed by atoms with Crippen LogP contribution in [-0.2, 0) is 15.8 Å². The van der Waals surface area contributed by atoms with Crippen molar-refractivity contribution in [3.63, 3.8) is 0 Å². The van der Waals surface area contributed by atoms with Crippen molar-refractivity contribution in [2.24, 2.45) is 16.9 Å². The van der Waals surface area contributed by atoms with Crippen LogP contribution in [0.1, 0.15) is 32.6 Å². The highest BCUT2D eigenvalue weighted by molar-refractivity contribution is 7.81. The van der Waals surface area contributed by atoms with E-state index in [1.165, 1.54) is 17.2 Å². The van der Waals surface area contributed by atoms with Crippen molar-refractivity contribution < 1.29 is 32.0 Å². The van der Waals surface area contributed by atoms with E-state index in [1.807, 2.05) is 10.4 Å². The highest BCUT2D eigenvalue weighted by Gasteiger charge is 2.54. The number of para-hydroxylation sites is 1. The molecule has 234 valence electrons. The van der Waals surface area contributed by atoms with Gasteiger partial charge in [0.2, 0.25) is 0 Å². The molecule has 0 radical (unpaired) electrons. The van der Waals surface area contributed by atoms with E-state index in [-0.39, 0.29) is 5.82 Å². The van der Waals surface area contributed by atoms with Gasteiger partial charge in [0, 0.05) is 31.1 Å². The van der Waals surface area contributed by atoms with Gasteiger partial charge in [-0.25, -0.2) is 18.5 Å². The van der Waals surface area contributed by atoms with Crippen molar-refractivity contribution in [3.05, 3.63) is 77.4 Å². The fraction of sp³-hybridized carbons (Fsp3) is 0.406. The van der Waals surface area contributed by atoms with Gasteiger partial charge in [0.25, 0.3) is 0 Å². The van der Waals surface area contributed by atoms with Crippen LogP contribution in [0, 0.1) is 11.8 Å². The Kier molecular flexibility index (Phi) is 9.69. The lowest BCUT2D eigenvalue weighted by Crippen LogP contribution is -2.47. The van der Waals surface area contributed by atoms with Gasteiger partial charge in [-0.3, -0.25) is 4.79 Å². The lowest BCUT2D eigenvalue weighted by molar-refractivity contribution is -0.166. The van der Waals surface area contributed by atoms with Gasteiger partial charge in [-0.2, -0.15) is 18.3 Å². The second kappa shape index (κ2) is 13.5. The normalized spacial score (nSPS) is 22.2. The van der Waals surface area contributed by atoms with Crippen LogP contribution in [0.3, 0.4) is 0 Å². The second-order valence-electron chi connectivity index (χ2n) is 10.9. The van der Waals surface area contributed by atoms with Gasteiger partial charge >= 0.3 is 12.1 Å². The molecule has 3 unspecified atom stereocenters. The Morgan fingerprint density at radius 2 is 1.84 bits per heavy atom. The number of pyridine rings is 1. The third kappa shape index (κ3) is 6.96. The molecule has 1 fully saturated rings. The van der Waals surface area contributed by atoms with Gasteiger partial charge in [-0.15, -0.1) is 0 Å². The molecule has 2 aromatic rings. The Bertz CT molecular complexity index is 1530. The number of hydrazone groups is 1. The van der Waals surface area contributed by atoms with E-state index in [1.54, 1.807) is 36.6 Å². The lowest BCUT2D eigenvalue weighted by atomic mass is 9.88. The third-order valence-electron chi connectivity index (χ3n) is 8.23. The maximum absolute atomic E-state index is 13.9. The first-order chi connectivity index (χ1) is 21.1. The van der Waals surface area contributed by atoms with Crippen LogP contribution in [0.4, 0.5) is 19.0 Å². The van der Waals surface area contributed by atoms with Crippen molar-refractivity contribution in [1.29, 1.82) is 0 Å². The van der Waals surface area contributed by atoms with E-state index in [9.17, 15) is 27.3 Å². The number of benzene rings is 1. The number of ether oxygens (including phenoxy) is 1. The van der Waals surface area contributed by atoms with E-state index >= 15 is 0 Å². The van der Waals surface area contributed by atoms with Crippen molar-refractivity contribution in [1.82, 2.24) is 9.29 Å². The standard InChI is InChI=1S/C32H35F3N4O4S/c1-3-21-18-23(22-14-16-38(17-15-22)44(2)42)8-6-9-24(21)20-43-28-12-5-4-10-25(28)27-11-7-13-29(37-27)39-30(32(33,34)35)26(19-36-39)31(40)41/h4-5,7-13,18-19,22,26,30H,3,6,14-17,20H2,1-2H3,(H,40,41). The van der Waals surface area contributed by atoms with Gasteiger partial charge in [0.15, 0.2) is 6.04 Å². The van der Waals surface area contributed by atoms with Crippen LogP contribution in [0.2, 0.25) is 0 Å². The zero-order valence-corrected chi connectivity index (χ0v) is 25.4. The number of carbonyl (C=O) groups is 1. The Morgan fingerprint density at radius 1 is 1.09 bits per heavy atom. The summed E-state index contributed by atoms with van der Waals surface area (Å²) in [6.45, 7) is 4.05. The van der Waals surface area contributed by atoms with Gasteiger partial charge < -0.3 is 9.84 Å². The van der Waals surface area contributed by atoms with Gasteiger partial charge in [-0.1, -0.05) is 43.4 Å². The Morgan fingerprint density at radius 3 is 2.52 bits per heavy atom. The number of piperidine rings is 1. The molecule has 1 aromatic carbocycles. The highest BCUT2D eigenvalue weighted by atomic mass is 32.2. The van der Waals surface area contributed by atoms with Gasteiger partial charge in [-0.05, 0) is 72.6 Å². The number of carboxylic acid groups (broad SMARTS) is 1. The van der Waals surface area contributed by atoms with Crippen LogP contribution in [0.25, 0.3) is 11.3 Å². The van der Waals surface area contributed by atoms with Crippen LogP contribution < -0.4 is 9.75 Å². The molecule has 8 nitrogen and oxygen atoms in total. The summed E-state index contributed by atoms with van der Waals surface area (Å²) in [5.74, 6) is -2.62. The molecular weight excluding hydrogens is 593 g/mol. The number of rotatable bonds is 9. The molecule has 12 heteroatoms. The molecule has 1 saturated heterocycles. The minimum absolute atomic E-state index is 0.114. The predicted molar refractivity (Wildman–Crippen MR) is 165 cm³/mol. The molecule has 5 rings (SSSR count). The summed E-state index contributed by atoms with van der Waals surface area (Å²) >= 11 is 0. The average Bonchev–Trinajstić information content (AvgIpc) is 3.38. The molecule has 0 bridgehead atoms. The monoisotopic (exact) mass is 628 g/mol. The molecule has 3 atom stereocenters. The average molecular weight is 629 g/mol. The van der Waals surface area contributed by atoms with Crippen LogP contribution in [0.15, 0.2) is 82.5 Å². The fourth-order valence-corrected chi connectivity index (χ4v) is 6.61. The number of aromatic nitrogens is 1. The fourth-order valence-electron chi connectivity index (χ4n) is 5.89. The molecular formula is C32H35F3N4O4S. The minimum Gasteiger partial charge on any atom is -0.488 e. The van der Waals surface area contributed by atoms with Crippen LogP contribution >= 0.6 is 0 Å². The maximum atomic E-state index is 13.9. The predicted octanol–water partition coefficient (Wildman–Crippen LogP) is 6.16. The molecule has 44 heavy (non-hydrogen) atoms. The number of aliphatic carboxylic acids is 1. The van der Waals surface area contributed by atoms with Gasteiger partial charge in [0.05, 0.1) is 16.7 Å². The molecule has 0 amide bonds. The Labute approximate surface area is 257 Å². The number of anilines is 1. The summed E-state index contributed by atoms with van der Waals surface area (Å²) in [5, 5.41) is 13.7. The van der Waals surface area contributed by atoms with Crippen LogP contribution in [0.5, 0.6) is 5.75 Å².